The summed E-state index contributed by atoms with van der Waals surface area (Å²) < 4.78 is 12.7. The Bertz CT molecular complexity index is 6770. The van der Waals surface area contributed by atoms with Crippen molar-refractivity contribution in [3.63, 3.8) is 0 Å². The van der Waals surface area contributed by atoms with E-state index in [0.29, 0.717) is 17.5 Å². The SMILES string of the molecule is c1ccc2c(c1)-c1ccc(-c3ccc4sc5ccccc5c4c3)cc1C2c1ccc(-c2nc(-c3ccc(-n4c5ccccc5c5ccc(-c6ccc7sc8ccccc8c7c6)cc54)cc3)nc(-c3ccc(-n4c5ccccc5c5ccc(-c6ccc7sc8ccccc8c7c6)cc54)cc3)n2)cc1. The maximum atomic E-state index is 5.41. The van der Waals surface area contributed by atoms with Crippen LogP contribution in [0.3, 0.4) is 0 Å². The topological polar surface area (TPSA) is 48.5 Å². The van der Waals surface area contributed by atoms with Gasteiger partial charge in [-0.05, 0) is 195 Å². The van der Waals surface area contributed by atoms with Crippen LogP contribution in [0.15, 0.2) is 328 Å². The fraction of sp³-hybridized carbons (Fsp3) is 0.0106. The van der Waals surface area contributed by atoms with Gasteiger partial charge in [0.15, 0.2) is 17.5 Å². The Labute approximate surface area is 598 Å². The molecule has 0 N–H and O–H groups in total. The molecule has 5 nitrogen and oxygen atoms in total. The Morgan fingerprint density at radius 3 is 1.00 bits per heavy atom. The summed E-state index contributed by atoms with van der Waals surface area (Å²) in [6.07, 6.45) is 0. The number of hydrogen-bond acceptors (Lipinski definition) is 6. The fourth-order valence-corrected chi connectivity index (χ4v) is 19.7. The average molecular weight is 1350 g/mol. The normalized spacial score (nSPS) is 13.0. The predicted octanol–water partition coefficient (Wildman–Crippen LogP) is 26.3. The lowest BCUT2D eigenvalue weighted by atomic mass is 9.87. The van der Waals surface area contributed by atoms with Crippen LogP contribution >= 0.6 is 34.0 Å². The molecule has 0 bridgehead atoms. The van der Waals surface area contributed by atoms with Crippen LogP contribution in [-0.2, 0) is 0 Å². The first-order valence-electron chi connectivity index (χ1n) is 34.6. The first kappa shape index (κ1) is 57.5. The van der Waals surface area contributed by atoms with E-state index >= 15 is 0 Å². The smallest absolute Gasteiger partial charge is 0.164 e. The Balaban J connectivity index is 0.654. The van der Waals surface area contributed by atoms with Crippen molar-refractivity contribution in [2.75, 3.05) is 0 Å². The maximum absolute atomic E-state index is 5.41. The molecule has 1 unspecified atom stereocenters. The van der Waals surface area contributed by atoms with Gasteiger partial charge in [-0.25, -0.2) is 15.0 Å². The van der Waals surface area contributed by atoms with E-state index in [0.717, 1.165) is 50.1 Å². The molecular formula is C94H55N5S3. The summed E-state index contributed by atoms with van der Waals surface area (Å²) in [7, 11) is 0. The molecule has 21 aromatic rings. The number of nitrogens with zero attached hydrogens (tertiary/aromatic N) is 5. The van der Waals surface area contributed by atoms with Gasteiger partial charge in [0.05, 0.1) is 22.1 Å². The van der Waals surface area contributed by atoms with Crippen LogP contribution in [0.4, 0.5) is 0 Å². The molecule has 8 heteroatoms. The molecule has 1 aliphatic carbocycles. The number of aromatic nitrogens is 5. The van der Waals surface area contributed by atoms with Gasteiger partial charge in [-0.2, -0.15) is 0 Å². The molecule has 474 valence electrons. The van der Waals surface area contributed by atoms with Crippen molar-refractivity contribution >= 4 is 138 Å². The minimum absolute atomic E-state index is 0.0346. The van der Waals surface area contributed by atoms with Gasteiger partial charge < -0.3 is 9.13 Å². The minimum atomic E-state index is 0.0346. The summed E-state index contributed by atoms with van der Waals surface area (Å²) in [6, 6.07) is 121. The van der Waals surface area contributed by atoms with E-state index in [1.54, 1.807) is 0 Å². The van der Waals surface area contributed by atoms with Crippen LogP contribution < -0.4 is 0 Å². The standard InChI is InChI=1S/C94H55N5S3/c1-2-19-76-67(13-1)68-43-33-59(60-36-46-88-77(49-60)73-16-5-10-22-85(73)100-88)52-80(68)91(76)55-25-27-56(28-26-55)92-95-93(57-29-39-65(40-30-57)98-81-20-8-3-14-69(81)71-44-34-63(53-83(71)98)61-37-47-89-78(50-61)74-17-6-11-23-86(74)101-89)97-94(96-92)58-31-41-66(42-32-58)99-82-21-9-4-15-70(82)72-45-35-64(54-84(72)99)62-38-48-90-79(51-62)75-18-7-12-24-87(75)102-90/h1-54,91H. The lowest BCUT2D eigenvalue weighted by Crippen LogP contribution is -2.02. The van der Waals surface area contributed by atoms with E-state index in [4.69, 9.17) is 15.0 Å². The van der Waals surface area contributed by atoms with Crippen molar-refractivity contribution in [2.45, 2.75) is 5.92 Å². The third-order valence-electron chi connectivity index (χ3n) is 21.3. The van der Waals surface area contributed by atoms with E-state index in [1.165, 1.54) is 143 Å². The van der Waals surface area contributed by atoms with E-state index in [2.05, 4.69) is 337 Å². The molecule has 22 rings (SSSR count). The number of thiophene rings is 3. The molecule has 0 spiro atoms. The van der Waals surface area contributed by atoms with Crippen LogP contribution in [0, 0.1) is 0 Å². The quantitative estimate of drug-likeness (QED) is 0.145. The number of hydrogen-bond donors (Lipinski definition) is 0. The highest BCUT2D eigenvalue weighted by atomic mass is 32.1. The second kappa shape index (κ2) is 22.5. The lowest BCUT2D eigenvalue weighted by molar-refractivity contribution is 1.01. The molecule has 0 saturated heterocycles. The van der Waals surface area contributed by atoms with Crippen LogP contribution in [-0.4, -0.2) is 24.1 Å². The lowest BCUT2D eigenvalue weighted by Gasteiger charge is -2.16. The number of para-hydroxylation sites is 2. The van der Waals surface area contributed by atoms with Crippen molar-refractivity contribution < 1.29 is 0 Å². The van der Waals surface area contributed by atoms with Gasteiger partial charge >= 0.3 is 0 Å². The molecule has 6 aromatic heterocycles. The third-order valence-corrected chi connectivity index (χ3v) is 24.8. The summed E-state index contributed by atoms with van der Waals surface area (Å²) in [5.41, 5.74) is 23.0. The van der Waals surface area contributed by atoms with Crippen LogP contribution in [0.1, 0.15) is 22.6 Å². The Kier molecular flexibility index (Phi) is 12.7. The summed E-state index contributed by atoms with van der Waals surface area (Å²) in [5.74, 6) is 1.83. The highest BCUT2D eigenvalue weighted by Crippen LogP contribution is 2.51. The van der Waals surface area contributed by atoms with Gasteiger partial charge in [0.2, 0.25) is 0 Å². The number of benzene rings is 15. The summed E-state index contributed by atoms with van der Waals surface area (Å²) in [6.45, 7) is 0. The van der Waals surface area contributed by atoms with Crippen molar-refractivity contribution in [1.29, 1.82) is 0 Å². The van der Waals surface area contributed by atoms with Gasteiger partial charge in [-0.1, -0.05) is 194 Å². The second-order valence-electron chi connectivity index (χ2n) is 26.9. The van der Waals surface area contributed by atoms with Gasteiger partial charge in [0.1, 0.15) is 0 Å². The van der Waals surface area contributed by atoms with E-state index in [1.807, 2.05) is 34.0 Å². The van der Waals surface area contributed by atoms with Gasteiger partial charge in [0.25, 0.3) is 0 Å². The molecule has 15 aromatic carbocycles. The highest BCUT2D eigenvalue weighted by molar-refractivity contribution is 7.26. The molecule has 102 heavy (non-hydrogen) atoms. The molecule has 0 saturated carbocycles. The molecule has 1 atom stereocenters. The van der Waals surface area contributed by atoms with Gasteiger partial charge in [-0.15, -0.1) is 34.0 Å². The molecule has 1 aliphatic rings. The average Bonchev–Trinajstić information content (AvgIpc) is 1.58. The molecule has 0 radical (unpaired) electrons. The molecular weight excluding hydrogens is 1300 g/mol. The van der Waals surface area contributed by atoms with Gasteiger partial charge in [-0.3, -0.25) is 0 Å². The van der Waals surface area contributed by atoms with Crippen molar-refractivity contribution in [2.24, 2.45) is 0 Å². The molecule has 6 heterocycles. The van der Waals surface area contributed by atoms with E-state index < -0.39 is 0 Å². The minimum Gasteiger partial charge on any atom is -0.309 e. The van der Waals surface area contributed by atoms with Crippen molar-refractivity contribution in [1.82, 2.24) is 24.1 Å². The summed E-state index contributed by atoms with van der Waals surface area (Å²) >= 11 is 5.57. The molecule has 0 amide bonds. The van der Waals surface area contributed by atoms with Crippen molar-refractivity contribution in [3.05, 3.63) is 344 Å². The zero-order valence-corrected chi connectivity index (χ0v) is 57.2. The largest absolute Gasteiger partial charge is 0.309 e. The Morgan fingerprint density at radius 1 is 0.216 bits per heavy atom. The summed E-state index contributed by atoms with van der Waals surface area (Å²) in [4.78, 5) is 16.2. The zero-order valence-electron chi connectivity index (χ0n) is 54.7. The molecule has 0 aliphatic heterocycles. The number of rotatable bonds is 9. The van der Waals surface area contributed by atoms with Crippen LogP contribution in [0.25, 0.3) is 194 Å². The maximum Gasteiger partial charge on any atom is 0.164 e. The van der Waals surface area contributed by atoms with Gasteiger partial charge in [0, 0.05) is 116 Å². The highest BCUT2D eigenvalue weighted by Gasteiger charge is 2.31. The first-order chi connectivity index (χ1) is 50.5. The van der Waals surface area contributed by atoms with Crippen molar-refractivity contribution in [3.8, 4) is 90.0 Å². The zero-order chi connectivity index (χ0) is 66.7. The summed E-state index contributed by atoms with van der Waals surface area (Å²) in [5, 5.41) is 12.6. The fourth-order valence-electron chi connectivity index (χ4n) is 16.4. The Hall–Kier alpha value is -12.4. The third kappa shape index (κ3) is 9.03. The van der Waals surface area contributed by atoms with Crippen LogP contribution in [0.5, 0.6) is 0 Å². The second-order valence-corrected chi connectivity index (χ2v) is 30.2. The number of fused-ring (bicyclic) bond motifs is 18. The molecule has 0 fully saturated rings. The monoisotopic (exact) mass is 1350 g/mol. The predicted molar refractivity (Wildman–Crippen MR) is 433 cm³/mol. The van der Waals surface area contributed by atoms with E-state index in [9.17, 15) is 0 Å². The first-order valence-corrected chi connectivity index (χ1v) is 37.1. The Morgan fingerprint density at radius 2 is 0.539 bits per heavy atom. The van der Waals surface area contributed by atoms with E-state index in [-0.39, 0.29) is 5.92 Å². The van der Waals surface area contributed by atoms with Crippen LogP contribution in [0.2, 0.25) is 0 Å².